The highest BCUT2D eigenvalue weighted by Crippen LogP contribution is 2.33. The first kappa shape index (κ1) is 16.9. The zero-order valence-electron chi connectivity index (χ0n) is 10.6. The molecular weight excluding hydrogens is 362 g/mol. The van der Waals surface area contributed by atoms with E-state index in [1.807, 2.05) is 0 Å². The minimum atomic E-state index is -4.46. The monoisotopic (exact) mass is 367 g/mol. The number of rotatable bonds is 2. The van der Waals surface area contributed by atoms with Crippen molar-refractivity contribution in [2.45, 2.75) is 6.18 Å². The molecule has 2 rings (SSSR count). The minimum Gasteiger partial charge on any atom is -0.321 e. The zero-order chi connectivity index (χ0) is 16.5. The van der Waals surface area contributed by atoms with Crippen LogP contribution in [-0.4, -0.2) is 5.91 Å². The van der Waals surface area contributed by atoms with Gasteiger partial charge in [-0.05, 0) is 36.4 Å². The first-order valence-electron chi connectivity index (χ1n) is 5.81. The van der Waals surface area contributed by atoms with E-state index >= 15 is 0 Å². The van der Waals surface area contributed by atoms with Crippen LogP contribution in [0.3, 0.4) is 0 Å². The second-order valence-corrected chi connectivity index (χ2v) is 5.50. The predicted octanol–water partition coefficient (Wildman–Crippen LogP) is 5.92. The van der Waals surface area contributed by atoms with Crippen LogP contribution in [0.15, 0.2) is 36.4 Å². The molecule has 0 fully saturated rings. The van der Waals surface area contributed by atoms with E-state index in [0.717, 1.165) is 24.3 Å². The van der Waals surface area contributed by atoms with E-state index in [4.69, 9.17) is 34.8 Å². The standard InChI is InChI=1S/C14H7Cl3F3NO/c15-9-5-11(17)12(6-10(9)16)21-13(22)7-1-3-8(4-2-7)14(18,19)20/h1-6H,(H,21,22). The highest BCUT2D eigenvalue weighted by molar-refractivity contribution is 6.44. The summed E-state index contributed by atoms with van der Waals surface area (Å²) >= 11 is 17.5. The normalized spacial score (nSPS) is 11.4. The van der Waals surface area contributed by atoms with Crippen LogP contribution in [0.1, 0.15) is 15.9 Å². The van der Waals surface area contributed by atoms with Crippen molar-refractivity contribution in [2.75, 3.05) is 5.32 Å². The molecule has 0 radical (unpaired) electrons. The lowest BCUT2D eigenvalue weighted by Crippen LogP contribution is -2.13. The van der Waals surface area contributed by atoms with Crippen molar-refractivity contribution in [3.8, 4) is 0 Å². The number of carbonyl (C=O) groups excluding carboxylic acids is 1. The van der Waals surface area contributed by atoms with Gasteiger partial charge in [0.15, 0.2) is 0 Å². The fraction of sp³-hybridized carbons (Fsp3) is 0.0714. The van der Waals surface area contributed by atoms with Crippen LogP contribution in [0.5, 0.6) is 0 Å². The number of carbonyl (C=O) groups is 1. The third kappa shape index (κ3) is 3.85. The Balaban J connectivity index is 2.21. The van der Waals surface area contributed by atoms with Crippen molar-refractivity contribution < 1.29 is 18.0 Å². The third-order valence-electron chi connectivity index (χ3n) is 2.73. The summed E-state index contributed by atoms with van der Waals surface area (Å²) in [5.74, 6) is -0.617. The molecule has 0 aliphatic heterocycles. The Morgan fingerprint density at radius 2 is 1.45 bits per heavy atom. The van der Waals surface area contributed by atoms with Crippen molar-refractivity contribution in [3.63, 3.8) is 0 Å². The molecule has 0 saturated heterocycles. The molecule has 22 heavy (non-hydrogen) atoms. The minimum absolute atomic E-state index is 0.0511. The van der Waals surface area contributed by atoms with E-state index in [9.17, 15) is 18.0 Å². The molecule has 0 aliphatic carbocycles. The molecule has 2 aromatic carbocycles. The Hall–Kier alpha value is -1.43. The molecule has 8 heteroatoms. The summed E-state index contributed by atoms with van der Waals surface area (Å²) in [4.78, 5) is 12.0. The number of hydrogen-bond acceptors (Lipinski definition) is 1. The van der Waals surface area contributed by atoms with Crippen molar-refractivity contribution in [3.05, 3.63) is 62.6 Å². The van der Waals surface area contributed by atoms with Crippen LogP contribution in [0, 0.1) is 0 Å². The number of hydrogen-bond donors (Lipinski definition) is 1. The third-order valence-corrected chi connectivity index (χ3v) is 3.77. The maximum atomic E-state index is 12.5. The lowest BCUT2D eigenvalue weighted by atomic mass is 10.1. The van der Waals surface area contributed by atoms with Crippen LogP contribution in [0.2, 0.25) is 15.1 Å². The highest BCUT2D eigenvalue weighted by atomic mass is 35.5. The second-order valence-electron chi connectivity index (χ2n) is 4.28. The summed E-state index contributed by atoms with van der Waals surface area (Å²) in [6, 6.07) is 6.51. The molecule has 0 aliphatic rings. The Bertz CT molecular complexity index is 715. The van der Waals surface area contributed by atoms with E-state index in [0.29, 0.717) is 0 Å². The molecule has 0 bridgehead atoms. The molecule has 2 nitrogen and oxygen atoms in total. The first-order valence-corrected chi connectivity index (χ1v) is 6.95. The quantitative estimate of drug-likeness (QED) is 0.655. The second kappa shape index (κ2) is 6.36. The van der Waals surface area contributed by atoms with Crippen LogP contribution in [0.4, 0.5) is 18.9 Å². The summed E-state index contributed by atoms with van der Waals surface area (Å²) < 4.78 is 37.4. The summed E-state index contributed by atoms with van der Waals surface area (Å²) in [6.45, 7) is 0. The van der Waals surface area contributed by atoms with Crippen LogP contribution in [0.25, 0.3) is 0 Å². The Morgan fingerprint density at radius 1 is 0.909 bits per heavy atom. The topological polar surface area (TPSA) is 29.1 Å². The molecule has 0 spiro atoms. The van der Waals surface area contributed by atoms with Gasteiger partial charge in [0.1, 0.15) is 0 Å². The van der Waals surface area contributed by atoms with E-state index in [2.05, 4.69) is 5.32 Å². The average Bonchev–Trinajstić information content (AvgIpc) is 2.44. The summed E-state index contributed by atoms with van der Waals surface area (Å²) in [5, 5.41) is 3.03. The summed E-state index contributed by atoms with van der Waals surface area (Å²) in [6.07, 6.45) is -4.46. The molecule has 0 saturated carbocycles. The summed E-state index contributed by atoms with van der Waals surface area (Å²) in [5.41, 5.74) is -0.576. The van der Waals surface area contributed by atoms with Crippen molar-refractivity contribution in [1.82, 2.24) is 0 Å². The number of amides is 1. The molecule has 0 atom stereocenters. The van der Waals surface area contributed by atoms with Gasteiger partial charge in [0.05, 0.1) is 26.3 Å². The van der Waals surface area contributed by atoms with E-state index in [1.54, 1.807) is 0 Å². The molecule has 0 heterocycles. The van der Waals surface area contributed by atoms with Crippen molar-refractivity contribution in [1.29, 1.82) is 0 Å². The van der Waals surface area contributed by atoms with E-state index in [1.165, 1.54) is 12.1 Å². The molecule has 0 unspecified atom stereocenters. The van der Waals surface area contributed by atoms with Gasteiger partial charge in [0, 0.05) is 5.56 Å². The molecule has 2 aromatic rings. The fourth-order valence-electron chi connectivity index (χ4n) is 1.62. The number of alkyl halides is 3. The van der Waals surface area contributed by atoms with Gasteiger partial charge < -0.3 is 5.32 Å². The van der Waals surface area contributed by atoms with Gasteiger partial charge in [-0.25, -0.2) is 0 Å². The molecule has 116 valence electrons. The van der Waals surface area contributed by atoms with Gasteiger partial charge in [-0.2, -0.15) is 13.2 Å². The maximum Gasteiger partial charge on any atom is 0.416 e. The van der Waals surface area contributed by atoms with Gasteiger partial charge in [0.2, 0.25) is 0 Å². The number of nitrogens with one attached hydrogen (secondary N) is 1. The highest BCUT2D eigenvalue weighted by Gasteiger charge is 2.30. The summed E-state index contributed by atoms with van der Waals surface area (Å²) in [7, 11) is 0. The van der Waals surface area contributed by atoms with E-state index < -0.39 is 17.6 Å². The van der Waals surface area contributed by atoms with E-state index in [-0.39, 0.29) is 26.3 Å². The van der Waals surface area contributed by atoms with Crippen LogP contribution < -0.4 is 5.32 Å². The largest absolute Gasteiger partial charge is 0.416 e. The molecule has 1 amide bonds. The Kier molecular flexibility index (Phi) is 4.90. The molecule has 0 aromatic heterocycles. The number of anilines is 1. The van der Waals surface area contributed by atoms with Crippen LogP contribution >= 0.6 is 34.8 Å². The van der Waals surface area contributed by atoms with Crippen LogP contribution in [-0.2, 0) is 6.18 Å². The SMILES string of the molecule is O=C(Nc1cc(Cl)c(Cl)cc1Cl)c1ccc(C(F)(F)F)cc1. The fourth-order valence-corrected chi connectivity index (χ4v) is 2.22. The lowest BCUT2D eigenvalue weighted by molar-refractivity contribution is -0.137. The van der Waals surface area contributed by atoms with Gasteiger partial charge in [-0.3, -0.25) is 4.79 Å². The van der Waals surface area contributed by atoms with Gasteiger partial charge in [-0.15, -0.1) is 0 Å². The predicted molar refractivity (Wildman–Crippen MR) is 80.9 cm³/mol. The first-order chi connectivity index (χ1) is 10.2. The zero-order valence-corrected chi connectivity index (χ0v) is 12.9. The Morgan fingerprint density at radius 3 is 2.00 bits per heavy atom. The average molecular weight is 369 g/mol. The van der Waals surface area contributed by atoms with Crippen molar-refractivity contribution in [2.24, 2.45) is 0 Å². The number of halogens is 6. The van der Waals surface area contributed by atoms with Gasteiger partial charge in [0.25, 0.3) is 5.91 Å². The van der Waals surface area contributed by atoms with Gasteiger partial charge in [-0.1, -0.05) is 34.8 Å². The molecule has 1 N–H and O–H groups in total. The van der Waals surface area contributed by atoms with Gasteiger partial charge >= 0.3 is 6.18 Å². The van der Waals surface area contributed by atoms with Crippen molar-refractivity contribution >= 4 is 46.4 Å². The maximum absolute atomic E-state index is 12.5. The number of benzene rings is 2. The smallest absolute Gasteiger partial charge is 0.321 e. The lowest BCUT2D eigenvalue weighted by Gasteiger charge is -2.10. The Labute approximate surface area is 138 Å². The molecular formula is C14H7Cl3F3NO.